The fourth-order valence-electron chi connectivity index (χ4n) is 3.44. The SMILES string of the molecule is Cc1sc2ncnc(SCCC(=O)N3CCC(C)CC3CN)c2c1C. The molecular weight excluding hydrogens is 352 g/mol. The number of thioether (sulfide) groups is 1. The molecule has 7 heteroatoms. The van der Waals surface area contributed by atoms with Gasteiger partial charge in [-0.05, 0) is 38.2 Å². The maximum atomic E-state index is 12.6. The third-order valence-electron chi connectivity index (χ3n) is 5.06. The van der Waals surface area contributed by atoms with Gasteiger partial charge in [-0.25, -0.2) is 9.97 Å². The standard InChI is InChI=1S/C18H26N4OS2/c1-11-4-6-22(14(8-11)9-19)15(23)5-7-24-17-16-12(2)13(3)25-18(16)21-10-20-17/h10-11,14H,4-9,19H2,1-3H3. The van der Waals surface area contributed by atoms with Gasteiger partial charge in [-0.1, -0.05) is 6.92 Å². The normalized spacial score (nSPS) is 21.0. The Labute approximate surface area is 157 Å². The van der Waals surface area contributed by atoms with Crippen LogP contribution >= 0.6 is 23.1 Å². The molecule has 2 aromatic rings. The monoisotopic (exact) mass is 378 g/mol. The third-order valence-corrected chi connectivity index (χ3v) is 7.16. The number of aromatic nitrogens is 2. The summed E-state index contributed by atoms with van der Waals surface area (Å²) < 4.78 is 0. The second-order valence-electron chi connectivity index (χ2n) is 6.85. The molecule has 2 N–H and O–H groups in total. The Balaban J connectivity index is 1.62. The number of rotatable bonds is 5. The maximum absolute atomic E-state index is 12.6. The largest absolute Gasteiger partial charge is 0.338 e. The number of piperidine rings is 1. The topological polar surface area (TPSA) is 72.1 Å². The highest BCUT2D eigenvalue weighted by Crippen LogP contribution is 2.34. The number of amides is 1. The number of aryl methyl sites for hydroxylation is 2. The van der Waals surface area contributed by atoms with Crippen molar-refractivity contribution in [2.45, 2.75) is 51.1 Å². The van der Waals surface area contributed by atoms with Crippen LogP contribution in [0.25, 0.3) is 10.2 Å². The molecule has 1 amide bonds. The molecule has 1 fully saturated rings. The summed E-state index contributed by atoms with van der Waals surface area (Å²) in [6.45, 7) is 7.87. The molecule has 1 aliphatic rings. The van der Waals surface area contributed by atoms with Gasteiger partial charge in [0.2, 0.25) is 5.91 Å². The summed E-state index contributed by atoms with van der Waals surface area (Å²) >= 11 is 3.36. The van der Waals surface area contributed by atoms with Crippen molar-refractivity contribution >= 4 is 39.2 Å². The lowest BCUT2D eigenvalue weighted by Gasteiger charge is -2.38. The van der Waals surface area contributed by atoms with Crippen LogP contribution in [0.4, 0.5) is 0 Å². The molecule has 0 bridgehead atoms. The molecule has 2 atom stereocenters. The van der Waals surface area contributed by atoms with E-state index < -0.39 is 0 Å². The molecule has 5 nitrogen and oxygen atoms in total. The van der Waals surface area contributed by atoms with Crippen molar-refractivity contribution in [2.75, 3.05) is 18.8 Å². The second kappa shape index (κ2) is 8.01. The van der Waals surface area contributed by atoms with Crippen LogP contribution in [0.5, 0.6) is 0 Å². The van der Waals surface area contributed by atoms with Crippen molar-refractivity contribution < 1.29 is 4.79 Å². The van der Waals surface area contributed by atoms with Gasteiger partial charge in [-0.3, -0.25) is 4.79 Å². The maximum Gasteiger partial charge on any atom is 0.223 e. The molecule has 3 rings (SSSR count). The van der Waals surface area contributed by atoms with Gasteiger partial charge in [-0.2, -0.15) is 0 Å². The molecule has 3 heterocycles. The Bertz CT molecular complexity index is 761. The van der Waals surface area contributed by atoms with Crippen molar-refractivity contribution in [1.29, 1.82) is 0 Å². The van der Waals surface area contributed by atoms with E-state index in [0.29, 0.717) is 18.9 Å². The molecule has 1 aliphatic heterocycles. The predicted molar refractivity (Wildman–Crippen MR) is 105 cm³/mol. The van der Waals surface area contributed by atoms with Crippen molar-refractivity contribution in [3.63, 3.8) is 0 Å². The molecule has 2 unspecified atom stereocenters. The summed E-state index contributed by atoms with van der Waals surface area (Å²) in [6.07, 6.45) is 4.26. The number of hydrogen-bond donors (Lipinski definition) is 1. The number of likely N-dealkylation sites (tertiary alicyclic amines) is 1. The molecule has 0 aromatic carbocycles. The number of carbonyl (C=O) groups is 1. The highest BCUT2D eigenvalue weighted by Gasteiger charge is 2.28. The number of fused-ring (bicyclic) bond motifs is 1. The van der Waals surface area contributed by atoms with Crippen molar-refractivity contribution in [1.82, 2.24) is 14.9 Å². The summed E-state index contributed by atoms with van der Waals surface area (Å²) in [5.74, 6) is 1.62. The molecule has 25 heavy (non-hydrogen) atoms. The highest BCUT2D eigenvalue weighted by molar-refractivity contribution is 7.99. The molecule has 2 aromatic heterocycles. The molecule has 0 aliphatic carbocycles. The average Bonchev–Trinajstić information content (AvgIpc) is 2.89. The van der Waals surface area contributed by atoms with Gasteiger partial charge in [0.15, 0.2) is 0 Å². The number of nitrogens with zero attached hydrogens (tertiary/aromatic N) is 3. The lowest BCUT2D eigenvalue weighted by atomic mass is 9.92. The van der Waals surface area contributed by atoms with E-state index in [1.165, 1.54) is 10.4 Å². The zero-order chi connectivity index (χ0) is 18.0. The van der Waals surface area contributed by atoms with Crippen LogP contribution in [0.2, 0.25) is 0 Å². The van der Waals surface area contributed by atoms with Gasteiger partial charge in [0.05, 0.1) is 0 Å². The lowest BCUT2D eigenvalue weighted by molar-refractivity contribution is -0.134. The Hall–Kier alpha value is -1.18. The Kier molecular flexibility index (Phi) is 5.96. The summed E-state index contributed by atoms with van der Waals surface area (Å²) in [7, 11) is 0. The molecule has 0 radical (unpaired) electrons. The summed E-state index contributed by atoms with van der Waals surface area (Å²) in [5.41, 5.74) is 7.13. The van der Waals surface area contributed by atoms with E-state index in [-0.39, 0.29) is 11.9 Å². The van der Waals surface area contributed by atoms with E-state index in [0.717, 1.165) is 40.4 Å². The van der Waals surface area contributed by atoms with E-state index in [1.807, 2.05) is 4.90 Å². The smallest absolute Gasteiger partial charge is 0.223 e. The average molecular weight is 379 g/mol. The highest BCUT2D eigenvalue weighted by atomic mass is 32.2. The second-order valence-corrected chi connectivity index (χ2v) is 9.13. The molecule has 136 valence electrons. The Morgan fingerprint density at radius 1 is 1.44 bits per heavy atom. The number of nitrogens with two attached hydrogens (primary N) is 1. The van der Waals surface area contributed by atoms with Gasteiger partial charge in [0.1, 0.15) is 16.2 Å². The minimum Gasteiger partial charge on any atom is -0.338 e. The van der Waals surface area contributed by atoms with Crippen LogP contribution in [0.3, 0.4) is 0 Å². The number of hydrogen-bond acceptors (Lipinski definition) is 6. The van der Waals surface area contributed by atoms with Gasteiger partial charge >= 0.3 is 0 Å². The summed E-state index contributed by atoms with van der Waals surface area (Å²) in [6, 6.07) is 0.203. The minimum absolute atomic E-state index is 0.203. The zero-order valence-corrected chi connectivity index (χ0v) is 16.8. The summed E-state index contributed by atoms with van der Waals surface area (Å²) in [4.78, 5) is 25.8. The lowest BCUT2D eigenvalue weighted by Crippen LogP contribution is -2.49. The van der Waals surface area contributed by atoms with Crippen LogP contribution < -0.4 is 5.73 Å². The zero-order valence-electron chi connectivity index (χ0n) is 15.1. The van der Waals surface area contributed by atoms with Crippen LogP contribution in [-0.2, 0) is 4.79 Å². The van der Waals surface area contributed by atoms with E-state index >= 15 is 0 Å². The summed E-state index contributed by atoms with van der Waals surface area (Å²) in [5, 5.41) is 2.14. The predicted octanol–water partition coefficient (Wildman–Crippen LogP) is 3.38. The third kappa shape index (κ3) is 3.99. The first-order valence-electron chi connectivity index (χ1n) is 8.84. The van der Waals surface area contributed by atoms with Crippen molar-refractivity contribution in [3.05, 3.63) is 16.8 Å². The van der Waals surface area contributed by atoms with Crippen LogP contribution in [-0.4, -0.2) is 45.7 Å². The van der Waals surface area contributed by atoms with Gasteiger partial charge in [0, 0.05) is 41.6 Å². The van der Waals surface area contributed by atoms with E-state index in [4.69, 9.17) is 5.73 Å². The fraction of sp³-hybridized carbons (Fsp3) is 0.611. The Morgan fingerprint density at radius 3 is 3.00 bits per heavy atom. The Morgan fingerprint density at radius 2 is 2.24 bits per heavy atom. The van der Waals surface area contributed by atoms with Crippen LogP contribution in [0, 0.1) is 19.8 Å². The fourth-order valence-corrected chi connectivity index (χ4v) is 5.49. The van der Waals surface area contributed by atoms with E-state index in [2.05, 4.69) is 30.7 Å². The van der Waals surface area contributed by atoms with Crippen molar-refractivity contribution in [2.24, 2.45) is 11.7 Å². The minimum atomic E-state index is 0.203. The van der Waals surface area contributed by atoms with E-state index in [9.17, 15) is 4.79 Å². The van der Waals surface area contributed by atoms with Crippen molar-refractivity contribution in [3.8, 4) is 0 Å². The quantitative estimate of drug-likeness (QED) is 0.638. The van der Waals surface area contributed by atoms with Gasteiger partial charge in [-0.15, -0.1) is 23.1 Å². The first-order valence-corrected chi connectivity index (χ1v) is 10.6. The van der Waals surface area contributed by atoms with E-state index in [1.54, 1.807) is 29.4 Å². The van der Waals surface area contributed by atoms with Gasteiger partial charge in [0.25, 0.3) is 0 Å². The molecule has 0 saturated carbocycles. The van der Waals surface area contributed by atoms with Crippen LogP contribution in [0.1, 0.15) is 36.6 Å². The number of thiophene rings is 1. The molecule has 1 saturated heterocycles. The molecule has 0 spiro atoms. The first kappa shape index (κ1) is 18.6. The first-order chi connectivity index (χ1) is 12.0. The molecular formula is C18H26N4OS2. The van der Waals surface area contributed by atoms with Crippen LogP contribution in [0.15, 0.2) is 11.4 Å². The van der Waals surface area contributed by atoms with Gasteiger partial charge < -0.3 is 10.6 Å². The number of carbonyl (C=O) groups excluding carboxylic acids is 1.